The van der Waals surface area contributed by atoms with Crippen LogP contribution in [0.3, 0.4) is 0 Å². The minimum Gasteiger partial charge on any atom is -0.394 e. The molecule has 0 aliphatic carbocycles. The Morgan fingerprint density at radius 2 is 2.20 bits per heavy atom. The molecule has 2 atom stereocenters. The minimum absolute atomic E-state index is 0.00546. The Labute approximate surface area is 90.6 Å². The summed E-state index contributed by atoms with van der Waals surface area (Å²) in [4.78, 5) is 14.0. The zero-order valence-corrected chi connectivity index (χ0v) is 9.11. The molecule has 2 aliphatic rings. The van der Waals surface area contributed by atoms with Gasteiger partial charge in [-0.1, -0.05) is 6.42 Å². The number of aliphatic hydroxyl groups excluding tert-OH is 1. The van der Waals surface area contributed by atoms with Gasteiger partial charge in [0.1, 0.15) is 0 Å². The van der Waals surface area contributed by atoms with Crippen LogP contribution in [0.4, 0.5) is 0 Å². The molecule has 0 aromatic rings. The molecule has 15 heavy (non-hydrogen) atoms. The highest BCUT2D eigenvalue weighted by Crippen LogP contribution is 2.19. The van der Waals surface area contributed by atoms with E-state index in [0.29, 0.717) is 0 Å². The highest BCUT2D eigenvalue weighted by molar-refractivity contribution is 5.82. The summed E-state index contributed by atoms with van der Waals surface area (Å²) >= 11 is 0. The van der Waals surface area contributed by atoms with E-state index in [-0.39, 0.29) is 24.6 Å². The van der Waals surface area contributed by atoms with E-state index in [0.717, 1.165) is 38.8 Å². The van der Waals surface area contributed by atoms with Gasteiger partial charge in [-0.2, -0.15) is 0 Å². The summed E-state index contributed by atoms with van der Waals surface area (Å²) in [7, 11) is 0. The molecule has 2 heterocycles. The van der Waals surface area contributed by atoms with E-state index in [9.17, 15) is 4.79 Å². The van der Waals surface area contributed by atoms with Gasteiger partial charge in [0, 0.05) is 6.54 Å². The molecule has 0 aromatic heterocycles. The second kappa shape index (κ2) is 4.94. The van der Waals surface area contributed by atoms with Crippen molar-refractivity contribution in [1.29, 1.82) is 0 Å². The Morgan fingerprint density at radius 3 is 2.87 bits per heavy atom. The van der Waals surface area contributed by atoms with Crippen LogP contribution in [0.1, 0.15) is 32.1 Å². The Kier molecular flexibility index (Phi) is 3.59. The molecule has 2 N–H and O–H groups in total. The number of aliphatic hydroxyl groups is 1. The zero-order chi connectivity index (χ0) is 10.7. The molecule has 2 rings (SSSR count). The Balaban J connectivity index is 1.93. The van der Waals surface area contributed by atoms with Gasteiger partial charge in [-0.25, -0.2) is 0 Å². The third-order valence-corrected chi connectivity index (χ3v) is 3.48. The monoisotopic (exact) mass is 212 g/mol. The molecule has 2 saturated heterocycles. The smallest absolute Gasteiger partial charge is 0.240 e. The molecule has 86 valence electrons. The first-order valence-electron chi connectivity index (χ1n) is 5.97. The van der Waals surface area contributed by atoms with Gasteiger partial charge in [-0.15, -0.1) is 0 Å². The summed E-state index contributed by atoms with van der Waals surface area (Å²) in [6.07, 6.45) is 5.25. The number of rotatable bonds is 2. The zero-order valence-electron chi connectivity index (χ0n) is 9.11. The van der Waals surface area contributed by atoms with Crippen LogP contribution in [-0.2, 0) is 4.79 Å². The summed E-state index contributed by atoms with van der Waals surface area (Å²) in [5.41, 5.74) is 0. The van der Waals surface area contributed by atoms with Crippen molar-refractivity contribution in [3.8, 4) is 0 Å². The van der Waals surface area contributed by atoms with Gasteiger partial charge < -0.3 is 15.3 Å². The molecule has 4 nitrogen and oxygen atoms in total. The second-order valence-electron chi connectivity index (χ2n) is 4.51. The highest BCUT2D eigenvalue weighted by Gasteiger charge is 2.32. The van der Waals surface area contributed by atoms with E-state index in [4.69, 9.17) is 5.11 Å². The van der Waals surface area contributed by atoms with Crippen LogP contribution in [0.5, 0.6) is 0 Å². The van der Waals surface area contributed by atoms with Gasteiger partial charge in [0.05, 0.1) is 18.7 Å². The number of amides is 1. The second-order valence-corrected chi connectivity index (χ2v) is 4.51. The molecule has 2 fully saturated rings. The van der Waals surface area contributed by atoms with Gasteiger partial charge in [0.15, 0.2) is 0 Å². The van der Waals surface area contributed by atoms with Gasteiger partial charge in [-0.05, 0) is 32.2 Å². The van der Waals surface area contributed by atoms with Crippen molar-refractivity contribution >= 4 is 5.91 Å². The first-order chi connectivity index (χ1) is 7.33. The van der Waals surface area contributed by atoms with Gasteiger partial charge >= 0.3 is 0 Å². The predicted molar refractivity (Wildman–Crippen MR) is 57.5 cm³/mol. The average Bonchev–Trinajstić information content (AvgIpc) is 2.77. The molecular weight excluding hydrogens is 192 g/mol. The van der Waals surface area contributed by atoms with Crippen LogP contribution in [-0.4, -0.2) is 47.7 Å². The SMILES string of the molecule is O=C([C@H]1CCCCN1)N1CCC[C@@H]1CO. The maximum Gasteiger partial charge on any atom is 0.240 e. The van der Waals surface area contributed by atoms with Crippen LogP contribution in [0.25, 0.3) is 0 Å². The molecule has 0 unspecified atom stereocenters. The summed E-state index contributed by atoms with van der Waals surface area (Å²) < 4.78 is 0. The standard InChI is InChI=1S/C11H20N2O2/c14-8-9-4-3-7-13(9)11(15)10-5-1-2-6-12-10/h9-10,12,14H,1-8H2/t9-,10-/m1/s1. The molecule has 0 saturated carbocycles. The number of carbonyl (C=O) groups is 1. The van der Waals surface area contributed by atoms with Crippen molar-refractivity contribution in [2.24, 2.45) is 0 Å². The number of nitrogens with zero attached hydrogens (tertiary/aromatic N) is 1. The largest absolute Gasteiger partial charge is 0.394 e. The number of likely N-dealkylation sites (tertiary alicyclic amines) is 1. The third-order valence-electron chi connectivity index (χ3n) is 3.48. The Hall–Kier alpha value is -0.610. The fourth-order valence-electron chi connectivity index (χ4n) is 2.58. The van der Waals surface area contributed by atoms with Crippen molar-refractivity contribution in [2.45, 2.75) is 44.2 Å². The molecule has 0 spiro atoms. The fourth-order valence-corrected chi connectivity index (χ4v) is 2.58. The van der Waals surface area contributed by atoms with Crippen molar-refractivity contribution in [1.82, 2.24) is 10.2 Å². The fraction of sp³-hybridized carbons (Fsp3) is 0.909. The van der Waals surface area contributed by atoms with Crippen LogP contribution >= 0.6 is 0 Å². The topological polar surface area (TPSA) is 52.6 Å². The quantitative estimate of drug-likeness (QED) is 0.683. The van der Waals surface area contributed by atoms with E-state index in [1.165, 1.54) is 6.42 Å². The van der Waals surface area contributed by atoms with Crippen LogP contribution in [0.15, 0.2) is 0 Å². The Morgan fingerprint density at radius 1 is 1.33 bits per heavy atom. The lowest BCUT2D eigenvalue weighted by molar-refractivity contribution is -0.135. The van der Waals surface area contributed by atoms with Crippen molar-refractivity contribution in [3.05, 3.63) is 0 Å². The molecule has 0 aromatic carbocycles. The number of carbonyl (C=O) groups excluding carboxylic acids is 1. The first-order valence-corrected chi connectivity index (χ1v) is 5.97. The lowest BCUT2D eigenvalue weighted by atomic mass is 10.0. The maximum atomic E-state index is 12.1. The first kappa shape index (κ1) is 10.9. The predicted octanol–water partition coefficient (Wildman–Crippen LogP) is 0.112. The van der Waals surface area contributed by atoms with E-state index < -0.39 is 0 Å². The highest BCUT2D eigenvalue weighted by atomic mass is 16.3. The van der Waals surface area contributed by atoms with E-state index in [2.05, 4.69) is 5.32 Å². The summed E-state index contributed by atoms with van der Waals surface area (Å²) in [6.45, 7) is 1.88. The van der Waals surface area contributed by atoms with Gasteiger partial charge in [0.2, 0.25) is 5.91 Å². The van der Waals surface area contributed by atoms with Crippen molar-refractivity contribution in [2.75, 3.05) is 19.7 Å². The summed E-state index contributed by atoms with van der Waals surface area (Å²) in [5.74, 6) is 0.200. The summed E-state index contributed by atoms with van der Waals surface area (Å²) in [6, 6.07) is 0.0760. The minimum atomic E-state index is 0.00546. The van der Waals surface area contributed by atoms with E-state index >= 15 is 0 Å². The number of hydrogen-bond donors (Lipinski definition) is 2. The van der Waals surface area contributed by atoms with E-state index in [1.807, 2.05) is 4.90 Å². The molecule has 0 bridgehead atoms. The molecular formula is C11H20N2O2. The number of piperidine rings is 1. The van der Waals surface area contributed by atoms with E-state index in [1.54, 1.807) is 0 Å². The molecule has 1 amide bonds. The van der Waals surface area contributed by atoms with Crippen molar-refractivity contribution < 1.29 is 9.90 Å². The average molecular weight is 212 g/mol. The van der Waals surface area contributed by atoms with Crippen molar-refractivity contribution in [3.63, 3.8) is 0 Å². The molecule has 4 heteroatoms. The van der Waals surface area contributed by atoms with Crippen LogP contribution in [0.2, 0.25) is 0 Å². The van der Waals surface area contributed by atoms with Gasteiger partial charge in [0.25, 0.3) is 0 Å². The number of nitrogens with one attached hydrogen (secondary N) is 1. The maximum absolute atomic E-state index is 12.1. The van der Waals surface area contributed by atoms with Gasteiger partial charge in [-0.3, -0.25) is 4.79 Å². The Bertz CT molecular complexity index is 227. The van der Waals surface area contributed by atoms with Crippen LogP contribution in [0, 0.1) is 0 Å². The third kappa shape index (κ3) is 2.32. The van der Waals surface area contributed by atoms with Crippen LogP contribution < -0.4 is 5.32 Å². The summed E-state index contributed by atoms with van der Waals surface area (Å²) in [5, 5.41) is 12.4. The lowest BCUT2D eigenvalue weighted by Crippen LogP contribution is -2.50. The molecule has 0 radical (unpaired) electrons. The number of hydrogen-bond acceptors (Lipinski definition) is 3. The molecule has 2 aliphatic heterocycles. The lowest BCUT2D eigenvalue weighted by Gasteiger charge is -2.30. The normalized spacial score (nSPS) is 31.9.